The third-order valence-electron chi connectivity index (χ3n) is 6.76. The Morgan fingerprint density at radius 3 is 2.58 bits per heavy atom. The lowest BCUT2D eigenvalue weighted by molar-refractivity contribution is -0.141. The minimum atomic E-state index is -0.118. The van der Waals surface area contributed by atoms with Gasteiger partial charge in [0, 0.05) is 11.8 Å². The van der Waals surface area contributed by atoms with Crippen LogP contribution >= 0.6 is 0 Å². The molecular formula is C18H28O. The summed E-state index contributed by atoms with van der Waals surface area (Å²) in [6.45, 7) is 9.33. The highest BCUT2D eigenvalue weighted by Gasteiger charge is 2.57. The van der Waals surface area contributed by atoms with Crippen molar-refractivity contribution in [3.8, 4) is 0 Å². The quantitative estimate of drug-likeness (QED) is 0.566. The minimum Gasteiger partial charge on any atom is -0.299 e. The fraction of sp³-hybridized carbons (Fsp3) is 0.833. The van der Waals surface area contributed by atoms with Gasteiger partial charge in [-0.2, -0.15) is 0 Å². The molecule has 3 aliphatic carbocycles. The second kappa shape index (κ2) is 3.96. The summed E-state index contributed by atoms with van der Waals surface area (Å²) in [5.74, 6) is 1.05. The van der Waals surface area contributed by atoms with Crippen LogP contribution in [0.3, 0.4) is 0 Å². The molecule has 1 heteroatoms. The van der Waals surface area contributed by atoms with Crippen molar-refractivity contribution >= 4 is 5.78 Å². The number of hydrogen-bond acceptors (Lipinski definition) is 1. The van der Waals surface area contributed by atoms with Crippen LogP contribution in [-0.4, -0.2) is 5.78 Å². The molecule has 0 radical (unpaired) electrons. The van der Waals surface area contributed by atoms with E-state index in [1.807, 2.05) is 0 Å². The van der Waals surface area contributed by atoms with Gasteiger partial charge in [0.15, 0.2) is 0 Å². The Kier molecular flexibility index (Phi) is 2.79. The summed E-state index contributed by atoms with van der Waals surface area (Å²) in [7, 11) is 0. The molecule has 106 valence electrons. The number of carbonyl (C=O) groups excluding carboxylic acids is 1. The van der Waals surface area contributed by atoms with Gasteiger partial charge in [-0.15, -0.1) is 0 Å². The zero-order chi connectivity index (χ0) is 13.9. The van der Waals surface area contributed by atoms with E-state index < -0.39 is 0 Å². The second-order valence-electron chi connectivity index (χ2n) is 8.22. The molecular weight excluding hydrogens is 232 g/mol. The van der Waals surface area contributed by atoms with Gasteiger partial charge in [-0.05, 0) is 55.3 Å². The molecule has 0 aromatic carbocycles. The van der Waals surface area contributed by atoms with Crippen LogP contribution < -0.4 is 0 Å². The summed E-state index contributed by atoms with van der Waals surface area (Å²) < 4.78 is 0. The summed E-state index contributed by atoms with van der Waals surface area (Å²) in [6, 6.07) is 0. The third kappa shape index (κ3) is 1.69. The summed E-state index contributed by atoms with van der Waals surface area (Å²) >= 11 is 0. The number of allylic oxidation sites excluding steroid dienone is 2. The molecule has 0 heterocycles. The number of carbonyl (C=O) groups is 1. The molecule has 3 aliphatic rings. The van der Waals surface area contributed by atoms with E-state index in [1.54, 1.807) is 5.57 Å². The number of hydrogen-bond donors (Lipinski definition) is 0. The lowest BCUT2D eigenvalue weighted by Crippen LogP contribution is -2.54. The van der Waals surface area contributed by atoms with Crippen molar-refractivity contribution in [2.75, 3.05) is 0 Å². The molecule has 0 bridgehead atoms. The molecule has 3 rings (SSSR count). The van der Waals surface area contributed by atoms with Gasteiger partial charge < -0.3 is 0 Å². The summed E-state index contributed by atoms with van der Waals surface area (Å²) in [5.41, 5.74) is 2.31. The van der Waals surface area contributed by atoms with Crippen molar-refractivity contribution in [2.24, 2.45) is 22.2 Å². The number of rotatable bonds is 0. The fourth-order valence-electron chi connectivity index (χ4n) is 5.63. The van der Waals surface area contributed by atoms with Gasteiger partial charge in [-0.1, -0.05) is 39.3 Å². The summed E-state index contributed by atoms with van der Waals surface area (Å²) in [4.78, 5) is 12.3. The maximum Gasteiger partial charge on any atom is 0.138 e. The Hall–Kier alpha value is -0.590. The van der Waals surface area contributed by atoms with Gasteiger partial charge in [-0.3, -0.25) is 4.79 Å². The Morgan fingerprint density at radius 2 is 1.84 bits per heavy atom. The maximum absolute atomic E-state index is 12.3. The van der Waals surface area contributed by atoms with Gasteiger partial charge in [0.25, 0.3) is 0 Å². The van der Waals surface area contributed by atoms with Crippen molar-refractivity contribution < 1.29 is 4.79 Å². The van der Waals surface area contributed by atoms with Crippen LogP contribution in [0.1, 0.15) is 72.6 Å². The minimum absolute atomic E-state index is 0.118. The molecule has 2 saturated carbocycles. The molecule has 0 N–H and O–H groups in total. The average Bonchev–Trinajstić information content (AvgIpc) is 2.34. The fourth-order valence-corrected chi connectivity index (χ4v) is 5.63. The molecule has 2 fully saturated rings. The molecule has 19 heavy (non-hydrogen) atoms. The normalized spacial score (nSPS) is 45.2. The van der Waals surface area contributed by atoms with Crippen LogP contribution in [0.4, 0.5) is 0 Å². The number of ketones is 1. The number of Topliss-reactive ketones (excluding diaryl/α,β-unsaturated/α-hetero) is 1. The van der Waals surface area contributed by atoms with Crippen molar-refractivity contribution in [3.05, 3.63) is 11.6 Å². The molecule has 3 atom stereocenters. The zero-order valence-corrected chi connectivity index (χ0v) is 13.0. The third-order valence-corrected chi connectivity index (χ3v) is 6.76. The van der Waals surface area contributed by atoms with E-state index >= 15 is 0 Å². The molecule has 0 aromatic rings. The van der Waals surface area contributed by atoms with E-state index in [1.165, 1.54) is 32.1 Å². The van der Waals surface area contributed by atoms with Gasteiger partial charge >= 0.3 is 0 Å². The van der Waals surface area contributed by atoms with E-state index in [2.05, 4.69) is 33.8 Å². The van der Waals surface area contributed by atoms with E-state index in [-0.39, 0.29) is 10.8 Å². The Balaban J connectivity index is 2.07. The SMILES string of the molecule is CC12CCCC=C1[C@@]1(C)CCC(=O)C(C)(C)C1CC2. The van der Waals surface area contributed by atoms with Crippen LogP contribution in [0.25, 0.3) is 0 Å². The highest BCUT2D eigenvalue weighted by atomic mass is 16.1. The van der Waals surface area contributed by atoms with E-state index in [9.17, 15) is 4.79 Å². The number of fused-ring (bicyclic) bond motifs is 3. The summed E-state index contributed by atoms with van der Waals surface area (Å²) in [5, 5.41) is 0. The van der Waals surface area contributed by atoms with Crippen LogP contribution in [-0.2, 0) is 4.79 Å². The summed E-state index contributed by atoms with van der Waals surface area (Å²) in [6.07, 6.45) is 10.9. The molecule has 2 unspecified atom stereocenters. The van der Waals surface area contributed by atoms with Crippen LogP contribution in [0, 0.1) is 22.2 Å². The first-order valence-electron chi connectivity index (χ1n) is 8.05. The van der Waals surface area contributed by atoms with E-state index in [0.717, 1.165) is 12.8 Å². The van der Waals surface area contributed by atoms with Crippen molar-refractivity contribution in [3.63, 3.8) is 0 Å². The first kappa shape index (κ1) is 13.4. The molecule has 0 spiro atoms. The molecule has 0 amide bonds. The van der Waals surface area contributed by atoms with Crippen molar-refractivity contribution in [1.29, 1.82) is 0 Å². The van der Waals surface area contributed by atoms with Crippen LogP contribution in [0.15, 0.2) is 11.6 Å². The van der Waals surface area contributed by atoms with Crippen molar-refractivity contribution in [1.82, 2.24) is 0 Å². The van der Waals surface area contributed by atoms with Crippen LogP contribution in [0.5, 0.6) is 0 Å². The standard InChI is InChI=1S/C18H28O/c1-16(2)13-8-11-17(3)10-6-5-7-14(17)18(13,4)12-9-15(16)19/h7,13H,5-6,8-12H2,1-4H3/t13?,17?,18-/m0/s1. The van der Waals surface area contributed by atoms with Gasteiger partial charge in [0.05, 0.1) is 0 Å². The highest BCUT2D eigenvalue weighted by Crippen LogP contribution is 2.65. The zero-order valence-electron chi connectivity index (χ0n) is 13.0. The Labute approximate surface area is 117 Å². The van der Waals surface area contributed by atoms with E-state index in [4.69, 9.17) is 0 Å². The molecule has 0 saturated heterocycles. The maximum atomic E-state index is 12.3. The van der Waals surface area contributed by atoms with E-state index in [0.29, 0.717) is 17.1 Å². The van der Waals surface area contributed by atoms with Gasteiger partial charge in [0.2, 0.25) is 0 Å². The van der Waals surface area contributed by atoms with Gasteiger partial charge in [0.1, 0.15) is 5.78 Å². The van der Waals surface area contributed by atoms with Crippen LogP contribution in [0.2, 0.25) is 0 Å². The first-order chi connectivity index (χ1) is 8.81. The smallest absolute Gasteiger partial charge is 0.138 e. The highest BCUT2D eigenvalue weighted by molar-refractivity contribution is 5.85. The predicted octanol–water partition coefficient (Wildman–Crippen LogP) is 4.91. The topological polar surface area (TPSA) is 17.1 Å². The molecule has 1 nitrogen and oxygen atoms in total. The average molecular weight is 260 g/mol. The predicted molar refractivity (Wildman–Crippen MR) is 78.9 cm³/mol. The lowest BCUT2D eigenvalue weighted by Gasteiger charge is -2.60. The second-order valence-corrected chi connectivity index (χ2v) is 8.22. The first-order valence-corrected chi connectivity index (χ1v) is 8.05. The largest absolute Gasteiger partial charge is 0.299 e. The van der Waals surface area contributed by atoms with Crippen molar-refractivity contribution in [2.45, 2.75) is 72.6 Å². The Bertz CT molecular complexity index is 445. The van der Waals surface area contributed by atoms with Gasteiger partial charge in [-0.25, -0.2) is 0 Å². The lowest BCUT2D eigenvalue weighted by atomic mass is 9.44. The Morgan fingerprint density at radius 1 is 1.11 bits per heavy atom. The molecule has 0 aliphatic heterocycles. The monoisotopic (exact) mass is 260 g/mol. The molecule has 0 aromatic heterocycles.